The molecular weight excluding hydrogens is 510 g/mol. The van der Waals surface area contributed by atoms with Crippen molar-refractivity contribution in [1.29, 1.82) is 0 Å². The number of hydrogen-bond donors (Lipinski definition) is 1. The van der Waals surface area contributed by atoms with E-state index in [0.717, 1.165) is 42.7 Å². The summed E-state index contributed by atoms with van der Waals surface area (Å²) in [5.41, 5.74) is 1.81. The molecule has 40 heavy (non-hydrogen) atoms. The van der Waals surface area contributed by atoms with Crippen LogP contribution in [0.3, 0.4) is 0 Å². The SMILES string of the molecule is CCCCN(CCCN(C)C)C(=O)CN1C[C@H](c2ccc3c(c2)OCO3)[C@@H](C(=O)O)[C@@H]1Cc1ccccc1OC. The lowest BCUT2D eigenvalue weighted by atomic mass is 9.83. The molecule has 1 fully saturated rings. The molecule has 2 aliphatic heterocycles. The Morgan fingerprint density at radius 1 is 1.05 bits per heavy atom. The van der Waals surface area contributed by atoms with Crippen LogP contribution in [0.1, 0.15) is 43.2 Å². The standard InChI is InChI=1S/C31H43N3O6/c1-5-6-15-33(16-9-14-32(2)3)29(35)20-34-19-24(22-12-13-27-28(18-22)40-21-39-27)30(31(36)37)25(34)17-23-10-7-8-11-26(23)38-4/h7-8,10-13,18,24-25,30H,5-6,9,14-17,19-21H2,1-4H3,(H,36,37)/t24-,25+,30-/m1/s1. The molecule has 0 saturated carbocycles. The zero-order valence-corrected chi connectivity index (χ0v) is 24.2. The number of methoxy groups -OCH3 is 1. The number of para-hydroxylation sites is 1. The number of nitrogens with zero attached hydrogens (tertiary/aromatic N) is 3. The number of carboxylic acid groups (broad SMARTS) is 1. The molecule has 4 rings (SSSR count). The third-order valence-electron chi connectivity index (χ3n) is 7.99. The van der Waals surface area contributed by atoms with E-state index in [9.17, 15) is 14.7 Å². The van der Waals surface area contributed by atoms with Crippen molar-refractivity contribution in [2.45, 2.75) is 44.6 Å². The molecule has 2 aromatic carbocycles. The quantitative estimate of drug-likeness (QED) is 0.379. The number of carboxylic acids is 1. The third-order valence-corrected chi connectivity index (χ3v) is 7.99. The lowest BCUT2D eigenvalue weighted by Gasteiger charge is -2.30. The van der Waals surface area contributed by atoms with E-state index < -0.39 is 11.9 Å². The van der Waals surface area contributed by atoms with Gasteiger partial charge in [-0.25, -0.2) is 0 Å². The van der Waals surface area contributed by atoms with Crippen LogP contribution in [-0.2, 0) is 16.0 Å². The Morgan fingerprint density at radius 2 is 1.80 bits per heavy atom. The number of carbonyl (C=O) groups is 2. The number of hydrogen-bond acceptors (Lipinski definition) is 7. The molecule has 0 spiro atoms. The normalized spacial score (nSPS) is 20.2. The van der Waals surface area contributed by atoms with Gasteiger partial charge in [-0.05, 0) is 69.2 Å². The van der Waals surface area contributed by atoms with E-state index in [2.05, 4.69) is 16.7 Å². The van der Waals surface area contributed by atoms with E-state index in [0.29, 0.717) is 37.6 Å². The van der Waals surface area contributed by atoms with Crippen LogP contribution in [0.5, 0.6) is 17.2 Å². The van der Waals surface area contributed by atoms with E-state index in [-0.39, 0.29) is 31.2 Å². The lowest BCUT2D eigenvalue weighted by Crippen LogP contribution is -2.45. The summed E-state index contributed by atoms with van der Waals surface area (Å²) in [4.78, 5) is 32.8. The fraction of sp³-hybridized carbons (Fsp3) is 0.548. The number of fused-ring (bicyclic) bond motifs is 1. The van der Waals surface area contributed by atoms with E-state index in [4.69, 9.17) is 14.2 Å². The van der Waals surface area contributed by atoms with Crippen LogP contribution in [0.25, 0.3) is 0 Å². The number of likely N-dealkylation sites (tertiary alicyclic amines) is 1. The molecule has 9 nitrogen and oxygen atoms in total. The Bertz CT molecular complexity index is 1160. The monoisotopic (exact) mass is 553 g/mol. The summed E-state index contributed by atoms with van der Waals surface area (Å²) in [5.74, 6) is 0.171. The highest BCUT2D eigenvalue weighted by Gasteiger charge is 2.47. The number of unbranched alkanes of at least 4 members (excludes halogenated alkanes) is 1. The average Bonchev–Trinajstić information content (AvgIpc) is 3.55. The van der Waals surface area contributed by atoms with Crippen LogP contribution in [0, 0.1) is 5.92 Å². The van der Waals surface area contributed by atoms with E-state index in [1.54, 1.807) is 7.11 Å². The van der Waals surface area contributed by atoms with Crippen LogP contribution >= 0.6 is 0 Å². The van der Waals surface area contributed by atoms with Gasteiger partial charge in [-0.1, -0.05) is 37.6 Å². The maximum atomic E-state index is 13.7. The van der Waals surface area contributed by atoms with Gasteiger partial charge in [-0.3, -0.25) is 14.5 Å². The highest BCUT2D eigenvalue weighted by molar-refractivity contribution is 5.79. The molecule has 1 amide bonds. The first-order chi connectivity index (χ1) is 19.3. The molecule has 2 aromatic rings. The molecule has 0 bridgehead atoms. The highest BCUT2D eigenvalue weighted by atomic mass is 16.7. The summed E-state index contributed by atoms with van der Waals surface area (Å²) in [6.45, 7) is 5.22. The van der Waals surface area contributed by atoms with Crippen molar-refractivity contribution in [1.82, 2.24) is 14.7 Å². The summed E-state index contributed by atoms with van der Waals surface area (Å²) in [5, 5.41) is 10.5. The van der Waals surface area contributed by atoms with Gasteiger partial charge in [0.1, 0.15) is 5.75 Å². The van der Waals surface area contributed by atoms with Gasteiger partial charge in [-0.2, -0.15) is 0 Å². The summed E-state index contributed by atoms with van der Waals surface area (Å²) in [6, 6.07) is 13.0. The second-order valence-corrected chi connectivity index (χ2v) is 11.0. The van der Waals surface area contributed by atoms with Gasteiger partial charge in [0, 0.05) is 31.6 Å². The molecule has 0 unspecified atom stereocenters. The Labute approximate surface area is 237 Å². The topological polar surface area (TPSA) is 91.8 Å². The molecule has 1 saturated heterocycles. The van der Waals surface area contributed by atoms with Gasteiger partial charge < -0.3 is 29.1 Å². The first-order valence-electron chi connectivity index (χ1n) is 14.2. The van der Waals surface area contributed by atoms with Crippen molar-refractivity contribution >= 4 is 11.9 Å². The van der Waals surface area contributed by atoms with Gasteiger partial charge >= 0.3 is 5.97 Å². The van der Waals surface area contributed by atoms with Crippen LogP contribution in [0.4, 0.5) is 0 Å². The smallest absolute Gasteiger partial charge is 0.308 e. The minimum atomic E-state index is -0.869. The van der Waals surface area contributed by atoms with Crippen molar-refractivity contribution in [2.75, 3.05) is 60.7 Å². The van der Waals surface area contributed by atoms with Crippen molar-refractivity contribution in [2.24, 2.45) is 5.92 Å². The summed E-state index contributed by atoms with van der Waals surface area (Å²) < 4.78 is 16.7. The van der Waals surface area contributed by atoms with Gasteiger partial charge in [0.15, 0.2) is 11.5 Å². The average molecular weight is 554 g/mol. The zero-order chi connectivity index (χ0) is 28.6. The van der Waals surface area contributed by atoms with Crippen LogP contribution in [0.15, 0.2) is 42.5 Å². The molecule has 0 radical (unpaired) electrons. The fourth-order valence-electron chi connectivity index (χ4n) is 5.89. The number of benzene rings is 2. The van der Waals surface area contributed by atoms with Gasteiger partial charge in [0.05, 0.1) is 19.6 Å². The molecule has 218 valence electrons. The number of aliphatic carboxylic acids is 1. The molecule has 9 heteroatoms. The number of rotatable bonds is 14. The van der Waals surface area contributed by atoms with E-state index in [1.807, 2.05) is 61.5 Å². The Kier molecular flexibility index (Phi) is 10.3. The predicted octanol–water partition coefficient (Wildman–Crippen LogP) is 3.72. The number of ether oxygens (including phenoxy) is 3. The molecular formula is C31H43N3O6. The van der Waals surface area contributed by atoms with Crippen molar-refractivity contribution in [3.8, 4) is 17.2 Å². The Balaban J connectivity index is 1.63. The maximum absolute atomic E-state index is 13.7. The summed E-state index contributed by atoms with van der Waals surface area (Å²) in [6.07, 6.45) is 3.30. The Hall–Kier alpha value is -3.30. The lowest BCUT2D eigenvalue weighted by molar-refractivity contribution is -0.143. The van der Waals surface area contributed by atoms with Gasteiger partial charge in [-0.15, -0.1) is 0 Å². The van der Waals surface area contributed by atoms with Crippen LogP contribution < -0.4 is 14.2 Å². The van der Waals surface area contributed by atoms with Crippen molar-refractivity contribution < 1.29 is 28.9 Å². The Morgan fingerprint density at radius 3 is 2.52 bits per heavy atom. The molecule has 0 aromatic heterocycles. The summed E-state index contributed by atoms with van der Waals surface area (Å²) in [7, 11) is 5.69. The summed E-state index contributed by atoms with van der Waals surface area (Å²) >= 11 is 0. The highest BCUT2D eigenvalue weighted by Crippen LogP contribution is 2.43. The maximum Gasteiger partial charge on any atom is 0.308 e. The van der Waals surface area contributed by atoms with Crippen molar-refractivity contribution in [3.63, 3.8) is 0 Å². The molecule has 3 atom stereocenters. The molecule has 2 aliphatic rings. The van der Waals surface area contributed by atoms with E-state index in [1.165, 1.54) is 0 Å². The van der Waals surface area contributed by atoms with Gasteiger partial charge in [0.2, 0.25) is 12.7 Å². The fourth-order valence-corrected chi connectivity index (χ4v) is 5.89. The van der Waals surface area contributed by atoms with E-state index >= 15 is 0 Å². The number of amides is 1. The molecule has 2 heterocycles. The first-order valence-corrected chi connectivity index (χ1v) is 14.2. The third kappa shape index (κ3) is 7.06. The minimum absolute atomic E-state index is 0.0488. The van der Waals surface area contributed by atoms with Crippen LogP contribution in [0.2, 0.25) is 0 Å². The predicted molar refractivity (Wildman–Crippen MR) is 153 cm³/mol. The second-order valence-electron chi connectivity index (χ2n) is 11.0. The molecule has 1 N–H and O–H groups in total. The zero-order valence-electron chi connectivity index (χ0n) is 24.2. The van der Waals surface area contributed by atoms with Crippen LogP contribution in [-0.4, -0.2) is 98.4 Å². The van der Waals surface area contributed by atoms with Crippen molar-refractivity contribution in [3.05, 3.63) is 53.6 Å². The largest absolute Gasteiger partial charge is 0.496 e. The second kappa shape index (κ2) is 13.9. The van der Waals surface area contributed by atoms with Gasteiger partial charge in [0.25, 0.3) is 0 Å². The first kappa shape index (κ1) is 29.7. The minimum Gasteiger partial charge on any atom is -0.496 e. The molecule has 0 aliphatic carbocycles. The number of carbonyl (C=O) groups excluding carboxylic acids is 1.